The molecule has 1 heterocycles. The van der Waals surface area contributed by atoms with Crippen LogP contribution >= 0.6 is 11.3 Å². The Bertz CT molecular complexity index is 674. The number of halogens is 1. The largest absolute Gasteiger partial charge is 0.489 e. The van der Waals surface area contributed by atoms with E-state index in [1.165, 1.54) is 17.0 Å². The van der Waals surface area contributed by atoms with Crippen molar-refractivity contribution in [3.05, 3.63) is 46.2 Å². The van der Waals surface area contributed by atoms with E-state index in [1.54, 1.807) is 23.5 Å². The molecular weight excluding hydrogens is 327 g/mol. The van der Waals surface area contributed by atoms with Gasteiger partial charge in [0.15, 0.2) is 5.96 Å². The van der Waals surface area contributed by atoms with Crippen molar-refractivity contribution >= 4 is 17.3 Å². The molecule has 0 aliphatic rings. The van der Waals surface area contributed by atoms with E-state index in [1.807, 2.05) is 27.0 Å². The molecule has 2 rings (SSSR count). The van der Waals surface area contributed by atoms with Crippen LogP contribution in [0.2, 0.25) is 0 Å². The van der Waals surface area contributed by atoms with Crippen molar-refractivity contribution in [2.45, 2.75) is 33.4 Å². The average Bonchev–Trinajstić information content (AvgIpc) is 2.95. The Morgan fingerprint density at radius 3 is 2.92 bits per heavy atom. The highest BCUT2D eigenvalue weighted by Crippen LogP contribution is 2.14. The Labute approximate surface area is 146 Å². The van der Waals surface area contributed by atoms with Gasteiger partial charge in [0, 0.05) is 23.7 Å². The molecule has 2 aromatic rings. The molecule has 1 atom stereocenters. The molecule has 1 unspecified atom stereocenters. The van der Waals surface area contributed by atoms with Gasteiger partial charge in [0.2, 0.25) is 0 Å². The van der Waals surface area contributed by atoms with Gasteiger partial charge in [0.05, 0.1) is 13.1 Å². The fourth-order valence-electron chi connectivity index (χ4n) is 2.02. The van der Waals surface area contributed by atoms with Crippen molar-refractivity contribution in [2.75, 3.05) is 13.1 Å². The zero-order chi connectivity index (χ0) is 17.4. The molecule has 130 valence electrons. The number of guanidine groups is 1. The topological polar surface area (TPSA) is 58.5 Å². The van der Waals surface area contributed by atoms with Crippen LogP contribution in [0, 0.1) is 12.7 Å². The van der Waals surface area contributed by atoms with Gasteiger partial charge in [-0.3, -0.25) is 0 Å². The van der Waals surface area contributed by atoms with Crippen LogP contribution in [0.3, 0.4) is 0 Å². The number of aromatic nitrogens is 1. The van der Waals surface area contributed by atoms with Crippen LogP contribution in [0.15, 0.2) is 35.5 Å². The molecule has 0 amide bonds. The van der Waals surface area contributed by atoms with E-state index in [0.29, 0.717) is 24.8 Å². The first-order valence-electron chi connectivity index (χ1n) is 7.92. The molecule has 0 bridgehead atoms. The normalized spacial score (nSPS) is 12.8. The molecule has 0 aliphatic carbocycles. The number of hydrogen-bond acceptors (Lipinski definition) is 4. The number of aliphatic imine (C=N–C) groups is 1. The second kappa shape index (κ2) is 9.22. The van der Waals surface area contributed by atoms with Gasteiger partial charge in [0.25, 0.3) is 0 Å². The molecule has 0 saturated heterocycles. The number of aryl methyl sites for hydroxylation is 1. The van der Waals surface area contributed by atoms with E-state index < -0.39 is 0 Å². The zero-order valence-electron chi connectivity index (χ0n) is 14.2. The quantitative estimate of drug-likeness (QED) is 0.595. The van der Waals surface area contributed by atoms with Crippen molar-refractivity contribution in [3.8, 4) is 5.75 Å². The number of nitrogens with zero attached hydrogens (tertiary/aromatic N) is 2. The number of ether oxygens (including phenoxy) is 1. The number of rotatable bonds is 7. The predicted molar refractivity (Wildman–Crippen MR) is 96.2 cm³/mol. The Kier molecular flexibility index (Phi) is 6.99. The third kappa shape index (κ3) is 6.16. The van der Waals surface area contributed by atoms with E-state index in [-0.39, 0.29) is 11.9 Å². The van der Waals surface area contributed by atoms with Gasteiger partial charge in [-0.05, 0) is 32.9 Å². The lowest BCUT2D eigenvalue weighted by molar-refractivity contribution is 0.223. The van der Waals surface area contributed by atoms with E-state index in [2.05, 4.69) is 20.6 Å². The second-order valence-electron chi connectivity index (χ2n) is 5.33. The van der Waals surface area contributed by atoms with Crippen molar-refractivity contribution in [1.82, 2.24) is 15.6 Å². The molecule has 1 aromatic carbocycles. The Morgan fingerprint density at radius 2 is 2.25 bits per heavy atom. The minimum absolute atomic E-state index is 0.127. The molecule has 0 radical (unpaired) electrons. The van der Waals surface area contributed by atoms with Crippen molar-refractivity contribution in [1.29, 1.82) is 0 Å². The Balaban J connectivity index is 1.85. The molecule has 1 aromatic heterocycles. The summed E-state index contributed by atoms with van der Waals surface area (Å²) in [6.07, 6.45) is 1.72. The molecule has 7 heteroatoms. The van der Waals surface area contributed by atoms with Gasteiger partial charge in [-0.15, -0.1) is 11.3 Å². The fraction of sp³-hybridized carbons (Fsp3) is 0.412. The van der Waals surface area contributed by atoms with Crippen LogP contribution in [0.4, 0.5) is 4.39 Å². The molecule has 0 spiro atoms. The molecule has 24 heavy (non-hydrogen) atoms. The van der Waals surface area contributed by atoms with E-state index in [0.717, 1.165) is 11.6 Å². The summed E-state index contributed by atoms with van der Waals surface area (Å²) in [5.41, 5.74) is 0. The summed E-state index contributed by atoms with van der Waals surface area (Å²) in [6.45, 7) is 7.82. The first-order valence-corrected chi connectivity index (χ1v) is 8.74. The highest BCUT2D eigenvalue weighted by atomic mass is 32.1. The summed E-state index contributed by atoms with van der Waals surface area (Å²) in [5.74, 6) is 0.922. The summed E-state index contributed by atoms with van der Waals surface area (Å²) in [5, 5.41) is 7.40. The summed E-state index contributed by atoms with van der Waals surface area (Å²) in [7, 11) is 0. The molecular formula is C17H23FN4OS. The summed E-state index contributed by atoms with van der Waals surface area (Å²) in [4.78, 5) is 10.00. The summed E-state index contributed by atoms with van der Waals surface area (Å²) in [6, 6.07) is 6.14. The summed E-state index contributed by atoms with van der Waals surface area (Å²) >= 11 is 1.64. The van der Waals surface area contributed by atoms with Crippen LogP contribution in [0.25, 0.3) is 0 Å². The van der Waals surface area contributed by atoms with Crippen molar-refractivity contribution in [2.24, 2.45) is 4.99 Å². The van der Waals surface area contributed by atoms with Crippen LogP contribution < -0.4 is 15.4 Å². The first kappa shape index (κ1) is 18.2. The minimum atomic E-state index is -0.304. The zero-order valence-corrected chi connectivity index (χ0v) is 15.0. The van der Waals surface area contributed by atoms with Gasteiger partial charge in [-0.2, -0.15) is 0 Å². The predicted octanol–water partition coefficient (Wildman–Crippen LogP) is 3.11. The Hall–Kier alpha value is -2.15. The third-order valence-electron chi connectivity index (χ3n) is 3.08. The van der Waals surface area contributed by atoms with E-state index >= 15 is 0 Å². The third-order valence-corrected chi connectivity index (χ3v) is 3.97. The van der Waals surface area contributed by atoms with Crippen LogP contribution in [-0.2, 0) is 6.54 Å². The molecule has 0 fully saturated rings. The highest BCUT2D eigenvalue weighted by Gasteiger charge is 2.07. The van der Waals surface area contributed by atoms with Crippen LogP contribution in [0.5, 0.6) is 5.75 Å². The Morgan fingerprint density at radius 1 is 1.42 bits per heavy atom. The number of nitrogens with one attached hydrogen (secondary N) is 2. The maximum atomic E-state index is 13.2. The first-order chi connectivity index (χ1) is 11.6. The molecule has 0 aliphatic heterocycles. The molecule has 2 N–H and O–H groups in total. The lowest BCUT2D eigenvalue weighted by Gasteiger charge is -2.17. The van der Waals surface area contributed by atoms with Gasteiger partial charge in [0.1, 0.15) is 22.7 Å². The van der Waals surface area contributed by atoms with Crippen LogP contribution in [0.1, 0.15) is 23.7 Å². The minimum Gasteiger partial charge on any atom is -0.489 e. The standard InChI is InChI=1S/C17H23FN4OS/c1-4-19-17(22-11-16-20-10-13(3)24-16)21-9-12(2)23-15-7-5-6-14(18)8-15/h5-8,10,12H,4,9,11H2,1-3H3,(H2,19,21,22). The van der Waals surface area contributed by atoms with Crippen LogP contribution in [-0.4, -0.2) is 30.1 Å². The molecule has 5 nitrogen and oxygen atoms in total. The lowest BCUT2D eigenvalue weighted by atomic mass is 10.3. The van der Waals surface area contributed by atoms with Gasteiger partial charge < -0.3 is 15.4 Å². The molecule has 0 saturated carbocycles. The van der Waals surface area contributed by atoms with Gasteiger partial charge >= 0.3 is 0 Å². The van der Waals surface area contributed by atoms with Crippen molar-refractivity contribution in [3.63, 3.8) is 0 Å². The van der Waals surface area contributed by atoms with Gasteiger partial charge in [-0.1, -0.05) is 6.07 Å². The maximum absolute atomic E-state index is 13.2. The number of hydrogen-bond donors (Lipinski definition) is 2. The van der Waals surface area contributed by atoms with E-state index in [4.69, 9.17) is 4.74 Å². The smallest absolute Gasteiger partial charge is 0.191 e. The highest BCUT2D eigenvalue weighted by molar-refractivity contribution is 7.11. The fourth-order valence-corrected chi connectivity index (χ4v) is 2.73. The lowest BCUT2D eigenvalue weighted by Crippen LogP contribution is -2.41. The number of thiazole rings is 1. The number of benzene rings is 1. The maximum Gasteiger partial charge on any atom is 0.191 e. The van der Waals surface area contributed by atoms with Gasteiger partial charge in [-0.25, -0.2) is 14.4 Å². The monoisotopic (exact) mass is 350 g/mol. The summed E-state index contributed by atoms with van der Waals surface area (Å²) < 4.78 is 18.9. The second-order valence-corrected chi connectivity index (χ2v) is 6.65. The van der Waals surface area contributed by atoms with Crippen molar-refractivity contribution < 1.29 is 9.13 Å². The SMILES string of the molecule is CCNC(=NCc1ncc(C)s1)NCC(C)Oc1cccc(F)c1. The van der Waals surface area contributed by atoms with E-state index in [9.17, 15) is 4.39 Å². The average molecular weight is 350 g/mol.